The number of fused-ring (bicyclic) bond motifs is 1. The first-order chi connectivity index (χ1) is 16.4. The number of ether oxygens (including phenoxy) is 1. The summed E-state index contributed by atoms with van der Waals surface area (Å²) in [5, 5.41) is 9.52. The lowest BCUT2D eigenvalue weighted by Crippen LogP contribution is -2.43. The number of rotatable bonds is 7. The van der Waals surface area contributed by atoms with Crippen LogP contribution in [0.4, 0.5) is 0 Å². The van der Waals surface area contributed by atoms with Gasteiger partial charge >= 0.3 is 5.97 Å². The molecule has 3 aromatic rings. The van der Waals surface area contributed by atoms with Crippen molar-refractivity contribution < 1.29 is 23.5 Å². The molecule has 2 unspecified atom stereocenters. The number of carboxylic acid groups (broad SMARTS) is 1. The monoisotopic (exact) mass is 493 g/mol. The first-order valence-electron chi connectivity index (χ1n) is 12.2. The van der Waals surface area contributed by atoms with Gasteiger partial charge in [-0.2, -0.15) is 0 Å². The molecule has 2 aromatic carbocycles. The summed E-state index contributed by atoms with van der Waals surface area (Å²) in [6.45, 7) is 12.7. The average Bonchev–Trinajstić information content (AvgIpc) is 3.19. The fraction of sp³-hybridized carbons (Fsp3) is 0.429. The molecule has 7 heteroatoms. The van der Waals surface area contributed by atoms with Gasteiger partial charge in [0.2, 0.25) is 11.7 Å². The highest BCUT2D eigenvalue weighted by atomic mass is 28.4. The highest BCUT2D eigenvalue weighted by Crippen LogP contribution is 2.44. The molecular weight excluding hydrogens is 458 g/mol. The predicted molar refractivity (Wildman–Crippen MR) is 138 cm³/mol. The quantitative estimate of drug-likeness (QED) is 0.347. The fourth-order valence-corrected chi connectivity index (χ4v) is 5.57. The van der Waals surface area contributed by atoms with Crippen LogP contribution in [0.3, 0.4) is 0 Å². The van der Waals surface area contributed by atoms with Gasteiger partial charge in [-0.15, -0.1) is 0 Å². The number of aromatic carboxylic acids is 1. The smallest absolute Gasteiger partial charge is 0.373 e. The van der Waals surface area contributed by atoms with Crippen LogP contribution in [0.2, 0.25) is 18.1 Å². The number of para-hydroxylation sites is 1. The molecule has 1 aliphatic rings. The molecule has 186 valence electrons. The van der Waals surface area contributed by atoms with Gasteiger partial charge in [0.1, 0.15) is 17.6 Å². The number of benzene rings is 2. The van der Waals surface area contributed by atoms with Crippen LogP contribution in [-0.2, 0) is 17.3 Å². The van der Waals surface area contributed by atoms with Crippen LogP contribution in [0, 0.1) is 12.8 Å². The fourth-order valence-electron chi connectivity index (χ4n) is 4.29. The molecule has 1 N–H and O–H groups in total. The summed E-state index contributed by atoms with van der Waals surface area (Å²) < 4.78 is 18.7. The predicted octanol–water partition coefficient (Wildman–Crippen LogP) is 7.34. The normalized spacial score (nSPS) is 17.0. The van der Waals surface area contributed by atoms with E-state index in [0.717, 1.165) is 30.8 Å². The van der Waals surface area contributed by atoms with Gasteiger partial charge in [-0.25, -0.2) is 9.78 Å². The molecule has 0 radical (unpaired) electrons. The molecule has 35 heavy (non-hydrogen) atoms. The molecule has 0 fully saturated rings. The summed E-state index contributed by atoms with van der Waals surface area (Å²) in [5.74, 6) is 0.948. The SMILES string of the molecule is Cc1nc(C(O[Si](C)(C)C(C)(C)C)C2CCc3cc(Oc4ccccc4)ccc3C2)oc1C(=O)O. The maximum absolute atomic E-state index is 11.6. The van der Waals surface area contributed by atoms with Crippen molar-refractivity contribution in [3.8, 4) is 11.5 Å². The largest absolute Gasteiger partial charge is 0.475 e. The standard InChI is InChI=1S/C28H35NO5Si/c1-18-24(27(30)31)33-26(29-18)25(34-35(5,6)28(2,3)4)21-13-12-20-17-23(15-14-19(20)16-21)32-22-10-8-7-9-11-22/h7-11,14-15,17,21,25H,12-13,16H2,1-6H3,(H,30,31). The van der Waals surface area contributed by atoms with Crippen LogP contribution < -0.4 is 4.74 Å². The van der Waals surface area contributed by atoms with E-state index in [4.69, 9.17) is 13.6 Å². The lowest BCUT2D eigenvalue weighted by molar-refractivity contribution is 0.0619. The van der Waals surface area contributed by atoms with Gasteiger partial charge in [0.05, 0.1) is 5.69 Å². The summed E-state index contributed by atoms with van der Waals surface area (Å²) in [6.07, 6.45) is 2.19. The maximum Gasteiger partial charge on any atom is 0.373 e. The zero-order chi connectivity index (χ0) is 25.4. The van der Waals surface area contributed by atoms with Crippen molar-refractivity contribution in [2.75, 3.05) is 0 Å². The van der Waals surface area contributed by atoms with Crippen molar-refractivity contribution in [2.45, 2.75) is 71.2 Å². The number of hydrogen-bond acceptors (Lipinski definition) is 5. The third-order valence-corrected chi connectivity index (χ3v) is 11.8. The van der Waals surface area contributed by atoms with Crippen molar-refractivity contribution in [3.05, 3.63) is 77.0 Å². The third kappa shape index (κ3) is 5.51. The van der Waals surface area contributed by atoms with E-state index >= 15 is 0 Å². The van der Waals surface area contributed by atoms with Crippen molar-refractivity contribution in [1.82, 2.24) is 4.98 Å². The number of carbonyl (C=O) groups is 1. The zero-order valence-corrected chi connectivity index (χ0v) is 22.4. The number of nitrogens with zero attached hydrogens (tertiary/aromatic N) is 1. The lowest BCUT2D eigenvalue weighted by Gasteiger charge is -2.41. The second-order valence-electron chi connectivity index (χ2n) is 10.9. The molecule has 0 aliphatic heterocycles. The Balaban J connectivity index is 1.61. The number of aryl methyl sites for hydroxylation is 2. The van der Waals surface area contributed by atoms with Gasteiger partial charge in [0.15, 0.2) is 8.32 Å². The first kappa shape index (κ1) is 25.2. The Kier molecular flexibility index (Phi) is 6.93. The number of aromatic nitrogens is 1. The minimum atomic E-state index is -2.18. The second-order valence-corrected chi connectivity index (χ2v) is 15.7. The van der Waals surface area contributed by atoms with Crippen molar-refractivity contribution in [3.63, 3.8) is 0 Å². The maximum atomic E-state index is 11.6. The Morgan fingerprint density at radius 1 is 1.11 bits per heavy atom. The van der Waals surface area contributed by atoms with Crippen LogP contribution in [0.25, 0.3) is 0 Å². The number of oxazole rings is 1. The van der Waals surface area contributed by atoms with Crippen LogP contribution in [0.1, 0.15) is 66.6 Å². The highest BCUT2D eigenvalue weighted by molar-refractivity contribution is 6.74. The Bertz CT molecular complexity index is 1200. The second kappa shape index (κ2) is 9.63. The minimum absolute atomic E-state index is 0.00122. The molecule has 1 aromatic heterocycles. The molecule has 4 rings (SSSR count). The first-order valence-corrected chi connectivity index (χ1v) is 15.1. The van der Waals surface area contributed by atoms with Crippen molar-refractivity contribution >= 4 is 14.3 Å². The summed E-state index contributed by atoms with van der Waals surface area (Å²) in [4.78, 5) is 16.1. The Morgan fingerprint density at radius 3 is 2.46 bits per heavy atom. The van der Waals surface area contributed by atoms with Crippen LogP contribution >= 0.6 is 0 Å². The summed E-state index contributed by atoms with van der Waals surface area (Å²) in [6, 6.07) is 16.0. The van der Waals surface area contributed by atoms with E-state index < -0.39 is 20.4 Å². The Labute approximate surface area is 208 Å². The van der Waals surface area contributed by atoms with Crippen LogP contribution in [-0.4, -0.2) is 24.4 Å². The Morgan fingerprint density at radius 2 is 1.83 bits per heavy atom. The third-order valence-electron chi connectivity index (χ3n) is 7.33. The topological polar surface area (TPSA) is 81.8 Å². The van der Waals surface area contributed by atoms with Gasteiger partial charge in [-0.1, -0.05) is 45.0 Å². The van der Waals surface area contributed by atoms with E-state index in [0.29, 0.717) is 11.6 Å². The van der Waals surface area contributed by atoms with Gasteiger partial charge in [0, 0.05) is 0 Å². The van der Waals surface area contributed by atoms with Crippen molar-refractivity contribution in [1.29, 1.82) is 0 Å². The average molecular weight is 494 g/mol. The molecule has 0 amide bonds. The molecular formula is C28H35NO5Si. The molecule has 0 bridgehead atoms. The minimum Gasteiger partial charge on any atom is -0.475 e. The summed E-state index contributed by atoms with van der Waals surface area (Å²) in [7, 11) is -2.18. The van der Waals surface area contributed by atoms with Gasteiger partial charge in [-0.3, -0.25) is 0 Å². The highest BCUT2D eigenvalue weighted by Gasteiger charge is 2.43. The van der Waals surface area contributed by atoms with Gasteiger partial charge in [0.25, 0.3) is 0 Å². The molecule has 2 atom stereocenters. The van der Waals surface area contributed by atoms with E-state index in [1.807, 2.05) is 36.4 Å². The van der Waals surface area contributed by atoms with E-state index in [2.05, 4.69) is 51.0 Å². The van der Waals surface area contributed by atoms with E-state index in [1.165, 1.54) is 11.1 Å². The van der Waals surface area contributed by atoms with Gasteiger partial charge < -0.3 is 18.7 Å². The number of hydrogen-bond donors (Lipinski definition) is 1. The van der Waals surface area contributed by atoms with E-state index in [-0.39, 0.29) is 16.7 Å². The van der Waals surface area contributed by atoms with E-state index in [9.17, 15) is 9.90 Å². The molecule has 0 saturated carbocycles. The lowest BCUT2D eigenvalue weighted by atomic mass is 9.81. The molecule has 6 nitrogen and oxygen atoms in total. The van der Waals surface area contributed by atoms with Gasteiger partial charge in [-0.05, 0) is 85.6 Å². The summed E-state index contributed by atoms with van der Waals surface area (Å²) >= 11 is 0. The Hall–Kier alpha value is -2.90. The van der Waals surface area contributed by atoms with Crippen LogP contribution in [0.15, 0.2) is 52.9 Å². The molecule has 0 spiro atoms. The zero-order valence-electron chi connectivity index (χ0n) is 21.4. The molecule has 1 heterocycles. The molecule has 1 aliphatic carbocycles. The van der Waals surface area contributed by atoms with Crippen molar-refractivity contribution in [2.24, 2.45) is 5.92 Å². The van der Waals surface area contributed by atoms with E-state index in [1.54, 1.807) is 6.92 Å². The molecule has 0 saturated heterocycles. The van der Waals surface area contributed by atoms with Crippen LogP contribution in [0.5, 0.6) is 11.5 Å². The number of carboxylic acids is 1. The summed E-state index contributed by atoms with van der Waals surface area (Å²) in [5.41, 5.74) is 2.91.